The van der Waals surface area contributed by atoms with Gasteiger partial charge in [0.15, 0.2) is 5.82 Å². The lowest BCUT2D eigenvalue weighted by Crippen LogP contribution is -2.13. The second-order valence-corrected chi connectivity index (χ2v) is 12.1. The summed E-state index contributed by atoms with van der Waals surface area (Å²) in [5, 5.41) is 7.22. The number of hydrogen-bond acceptors (Lipinski definition) is 4. The lowest BCUT2D eigenvalue weighted by atomic mass is 9.81. The standard InChI is InChI=1S/C45H30N4/c1-4-14-31(15-5-1)38-29-39(32-16-6-2-7-17-32)44-36-21-11-10-20-35(36)40-28-34(23-24-37(40)45(44)43(38)33-18-8-3-9-19-33)49(41-22-12-13-25-47-41)42-30-46-26-27-48-42/h1-30H. The van der Waals surface area contributed by atoms with Crippen LogP contribution in [0.4, 0.5) is 17.3 Å². The van der Waals surface area contributed by atoms with Gasteiger partial charge in [-0.05, 0) is 96.0 Å². The predicted molar refractivity (Wildman–Crippen MR) is 203 cm³/mol. The summed E-state index contributed by atoms with van der Waals surface area (Å²) in [6.07, 6.45) is 7.01. The number of pyridine rings is 1. The van der Waals surface area contributed by atoms with Gasteiger partial charge in [0.1, 0.15) is 5.82 Å². The molecule has 49 heavy (non-hydrogen) atoms. The number of benzene rings is 7. The summed E-state index contributed by atoms with van der Waals surface area (Å²) in [7, 11) is 0. The van der Waals surface area contributed by atoms with E-state index in [1.54, 1.807) is 18.6 Å². The van der Waals surface area contributed by atoms with Crippen LogP contribution in [-0.4, -0.2) is 15.0 Å². The van der Waals surface area contributed by atoms with Gasteiger partial charge in [-0.2, -0.15) is 0 Å². The van der Waals surface area contributed by atoms with E-state index in [9.17, 15) is 0 Å². The summed E-state index contributed by atoms with van der Waals surface area (Å²) >= 11 is 0. The van der Waals surface area contributed by atoms with Crippen molar-refractivity contribution < 1.29 is 0 Å². The van der Waals surface area contributed by atoms with E-state index >= 15 is 0 Å². The average molecular weight is 627 g/mol. The molecule has 230 valence electrons. The SMILES string of the molecule is c1ccc(-c2cc(-c3ccccc3)c3c4ccccc4c4cc(N(c5ccccn5)c5cnccn5)ccc4c3c2-c2ccccc2)cc1. The highest BCUT2D eigenvalue weighted by Crippen LogP contribution is 2.49. The van der Waals surface area contributed by atoms with Crippen molar-refractivity contribution >= 4 is 49.6 Å². The zero-order valence-electron chi connectivity index (χ0n) is 26.6. The van der Waals surface area contributed by atoms with Crippen molar-refractivity contribution in [2.45, 2.75) is 0 Å². The minimum atomic E-state index is 0.702. The van der Waals surface area contributed by atoms with Crippen LogP contribution < -0.4 is 4.90 Å². The van der Waals surface area contributed by atoms with E-state index in [0.29, 0.717) is 5.82 Å². The number of aromatic nitrogens is 3. The molecule has 0 aliphatic rings. The molecule has 7 aromatic carbocycles. The first kappa shape index (κ1) is 28.6. The molecule has 0 unspecified atom stereocenters. The fourth-order valence-corrected chi connectivity index (χ4v) is 7.15. The molecule has 0 saturated carbocycles. The van der Waals surface area contributed by atoms with Crippen LogP contribution in [0.1, 0.15) is 0 Å². The molecule has 0 amide bonds. The van der Waals surface area contributed by atoms with Crippen LogP contribution in [0, 0.1) is 0 Å². The number of anilines is 3. The van der Waals surface area contributed by atoms with Gasteiger partial charge in [0.2, 0.25) is 0 Å². The fourth-order valence-electron chi connectivity index (χ4n) is 7.15. The Hall–Kier alpha value is -6.65. The highest BCUT2D eigenvalue weighted by Gasteiger charge is 2.23. The largest absolute Gasteiger partial charge is 0.278 e. The van der Waals surface area contributed by atoms with Crippen molar-refractivity contribution in [3.05, 3.63) is 183 Å². The van der Waals surface area contributed by atoms with Gasteiger partial charge in [-0.15, -0.1) is 0 Å². The zero-order valence-corrected chi connectivity index (χ0v) is 26.6. The third-order valence-corrected chi connectivity index (χ3v) is 9.23. The second-order valence-electron chi connectivity index (χ2n) is 12.1. The Morgan fingerprint density at radius 1 is 0.388 bits per heavy atom. The second kappa shape index (κ2) is 12.2. The van der Waals surface area contributed by atoms with E-state index in [-0.39, 0.29) is 0 Å². The van der Waals surface area contributed by atoms with E-state index in [1.165, 1.54) is 60.3 Å². The van der Waals surface area contributed by atoms with Crippen molar-refractivity contribution in [2.24, 2.45) is 0 Å². The highest BCUT2D eigenvalue weighted by atomic mass is 15.2. The maximum atomic E-state index is 4.73. The van der Waals surface area contributed by atoms with Gasteiger partial charge in [-0.1, -0.05) is 127 Å². The van der Waals surface area contributed by atoms with Gasteiger partial charge in [-0.3, -0.25) is 9.88 Å². The van der Waals surface area contributed by atoms with Gasteiger partial charge in [0.05, 0.1) is 6.20 Å². The molecule has 0 bridgehead atoms. The van der Waals surface area contributed by atoms with Crippen LogP contribution in [0.2, 0.25) is 0 Å². The van der Waals surface area contributed by atoms with Crippen LogP contribution in [0.25, 0.3) is 65.7 Å². The summed E-state index contributed by atoms with van der Waals surface area (Å²) in [6.45, 7) is 0. The first-order chi connectivity index (χ1) is 24.3. The van der Waals surface area contributed by atoms with Crippen LogP contribution in [-0.2, 0) is 0 Å². The maximum Gasteiger partial charge on any atom is 0.157 e. The van der Waals surface area contributed by atoms with Gasteiger partial charge < -0.3 is 0 Å². The zero-order chi connectivity index (χ0) is 32.6. The normalized spacial score (nSPS) is 11.3. The molecule has 4 nitrogen and oxygen atoms in total. The van der Waals surface area contributed by atoms with Gasteiger partial charge in [0.25, 0.3) is 0 Å². The van der Waals surface area contributed by atoms with Crippen molar-refractivity contribution in [3.8, 4) is 33.4 Å². The fraction of sp³-hybridized carbons (Fsp3) is 0. The van der Waals surface area contributed by atoms with Gasteiger partial charge in [-0.25, -0.2) is 9.97 Å². The third-order valence-electron chi connectivity index (χ3n) is 9.23. The molecule has 0 N–H and O–H groups in total. The molecule has 9 rings (SSSR count). The molecule has 2 aromatic heterocycles. The van der Waals surface area contributed by atoms with Crippen molar-refractivity contribution in [1.82, 2.24) is 15.0 Å². The summed E-state index contributed by atoms with van der Waals surface area (Å²) in [6, 6.07) is 56.3. The van der Waals surface area contributed by atoms with E-state index in [1.807, 2.05) is 24.4 Å². The smallest absolute Gasteiger partial charge is 0.157 e. The monoisotopic (exact) mass is 626 g/mol. The Kier molecular flexibility index (Phi) is 7.10. The number of rotatable bonds is 6. The molecule has 0 aliphatic carbocycles. The molecule has 9 aromatic rings. The van der Waals surface area contributed by atoms with Crippen LogP contribution in [0.15, 0.2) is 183 Å². The Morgan fingerprint density at radius 3 is 1.67 bits per heavy atom. The topological polar surface area (TPSA) is 41.9 Å². The number of nitrogens with zero attached hydrogens (tertiary/aromatic N) is 4. The first-order valence-corrected chi connectivity index (χ1v) is 16.4. The van der Waals surface area contributed by atoms with E-state index < -0.39 is 0 Å². The Bertz CT molecular complexity index is 2530. The van der Waals surface area contributed by atoms with Crippen molar-refractivity contribution in [1.29, 1.82) is 0 Å². The van der Waals surface area contributed by atoms with Gasteiger partial charge >= 0.3 is 0 Å². The van der Waals surface area contributed by atoms with Crippen molar-refractivity contribution in [3.63, 3.8) is 0 Å². The van der Waals surface area contributed by atoms with Crippen molar-refractivity contribution in [2.75, 3.05) is 4.90 Å². The molecular weight excluding hydrogens is 597 g/mol. The molecule has 4 heteroatoms. The molecular formula is C45H30N4. The minimum absolute atomic E-state index is 0.702. The summed E-state index contributed by atoms with van der Waals surface area (Å²) < 4.78 is 0. The quantitative estimate of drug-likeness (QED) is 0.172. The van der Waals surface area contributed by atoms with E-state index in [0.717, 1.165) is 16.9 Å². The van der Waals surface area contributed by atoms with Crippen LogP contribution >= 0.6 is 0 Å². The molecule has 2 heterocycles. The molecule has 0 spiro atoms. The molecule has 0 atom stereocenters. The third kappa shape index (κ3) is 4.98. The minimum Gasteiger partial charge on any atom is -0.278 e. The lowest BCUT2D eigenvalue weighted by molar-refractivity contribution is 1.09. The van der Waals surface area contributed by atoms with Crippen LogP contribution in [0.3, 0.4) is 0 Å². The first-order valence-electron chi connectivity index (χ1n) is 16.4. The summed E-state index contributed by atoms with van der Waals surface area (Å²) in [4.78, 5) is 15.9. The number of fused-ring (bicyclic) bond motifs is 6. The van der Waals surface area contributed by atoms with E-state index in [2.05, 4.69) is 149 Å². The lowest BCUT2D eigenvalue weighted by Gasteiger charge is -2.25. The molecule has 0 saturated heterocycles. The molecule has 0 aliphatic heterocycles. The van der Waals surface area contributed by atoms with Crippen LogP contribution in [0.5, 0.6) is 0 Å². The maximum absolute atomic E-state index is 4.73. The number of hydrogen-bond donors (Lipinski definition) is 0. The molecule has 0 radical (unpaired) electrons. The average Bonchev–Trinajstić information content (AvgIpc) is 3.19. The highest BCUT2D eigenvalue weighted by molar-refractivity contribution is 6.33. The Labute approximate surface area is 284 Å². The Morgan fingerprint density at radius 2 is 1.00 bits per heavy atom. The van der Waals surface area contributed by atoms with Gasteiger partial charge in [0, 0.05) is 24.3 Å². The molecule has 0 fully saturated rings. The summed E-state index contributed by atoms with van der Waals surface area (Å²) in [5.74, 6) is 1.48. The summed E-state index contributed by atoms with van der Waals surface area (Å²) in [5.41, 5.74) is 8.15. The Balaban J connectivity index is 1.47. The van der Waals surface area contributed by atoms with E-state index in [4.69, 9.17) is 9.97 Å². The predicted octanol–water partition coefficient (Wildman–Crippen LogP) is 11.8.